The monoisotopic (exact) mass is 448 g/mol. The summed E-state index contributed by atoms with van der Waals surface area (Å²) in [5, 5.41) is 12.5. The number of anilines is 2. The van der Waals surface area contributed by atoms with Gasteiger partial charge in [-0.25, -0.2) is 0 Å². The summed E-state index contributed by atoms with van der Waals surface area (Å²) in [6.07, 6.45) is 0. The number of rotatable bonds is 6. The molecule has 2 amide bonds. The molecule has 0 fully saturated rings. The molecule has 3 aromatic carbocycles. The number of aliphatic hydroxyl groups is 1. The number of carbonyl (C=O) groups excluding carboxylic acids is 2. The number of fused-ring (bicyclic) bond motifs is 1. The Morgan fingerprint density at radius 1 is 1.00 bits per heavy atom. The van der Waals surface area contributed by atoms with E-state index in [0.717, 1.165) is 16.7 Å². The van der Waals surface area contributed by atoms with Crippen LogP contribution in [-0.2, 0) is 11.4 Å². The second-order valence-electron chi connectivity index (χ2n) is 7.40. The third-order valence-corrected chi connectivity index (χ3v) is 5.52. The molecule has 4 rings (SSSR count). The number of hydrogen-bond donors (Lipinski definition) is 2. The Bertz CT molecular complexity index is 1200. The summed E-state index contributed by atoms with van der Waals surface area (Å²) < 4.78 is 16.0. The van der Waals surface area contributed by atoms with Crippen molar-refractivity contribution in [3.63, 3.8) is 0 Å². The highest BCUT2D eigenvalue weighted by Crippen LogP contribution is 2.40. The molecule has 8 heteroatoms. The van der Waals surface area contributed by atoms with Gasteiger partial charge in [0.1, 0.15) is 6.54 Å². The molecule has 1 aliphatic heterocycles. The van der Waals surface area contributed by atoms with Crippen LogP contribution < -0.4 is 24.4 Å². The van der Waals surface area contributed by atoms with Crippen molar-refractivity contribution in [3.05, 3.63) is 65.7 Å². The first-order chi connectivity index (χ1) is 16.0. The zero-order valence-corrected chi connectivity index (χ0v) is 18.5. The molecule has 8 nitrogen and oxygen atoms in total. The third-order valence-electron chi connectivity index (χ3n) is 5.52. The van der Waals surface area contributed by atoms with E-state index in [1.807, 2.05) is 30.3 Å². The normalized spacial score (nSPS) is 12.6. The van der Waals surface area contributed by atoms with Crippen LogP contribution in [0.25, 0.3) is 11.1 Å². The van der Waals surface area contributed by atoms with Crippen LogP contribution in [0.15, 0.2) is 54.6 Å². The molecular weight excluding hydrogens is 424 g/mol. The molecule has 0 aromatic heterocycles. The van der Waals surface area contributed by atoms with Crippen molar-refractivity contribution in [2.24, 2.45) is 0 Å². The van der Waals surface area contributed by atoms with Crippen LogP contribution in [0, 0.1) is 0 Å². The summed E-state index contributed by atoms with van der Waals surface area (Å²) in [5.74, 6) is 0.376. The van der Waals surface area contributed by atoms with E-state index in [0.29, 0.717) is 34.2 Å². The van der Waals surface area contributed by atoms with Crippen LogP contribution >= 0.6 is 0 Å². The molecule has 1 aliphatic rings. The SMILES string of the molecule is COc1cc(C(=O)N2CC(=O)Nc3cc(-c4ccccc4CO)ccc32)cc(OC)c1OC. The number of nitrogens with one attached hydrogen (secondary N) is 1. The maximum absolute atomic E-state index is 13.5. The Labute approximate surface area is 191 Å². The summed E-state index contributed by atoms with van der Waals surface area (Å²) in [4.78, 5) is 27.3. The fourth-order valence-electron chi connectivity index (χ4n) is 3.94. The standard InChI is InChI=1S/C25H24N2O6/c1-31-21-11-17(12-22(32-2)24(21)33-3)25(30)27-13-23(29)26-19-10-15(8-9-20(19)27)18-7-5-4-6-16(18)14-28/h4-12,28H,13-14H2,1-3H3,(H,26,29). The van der Waals surface area contributed by atoms with E-state index in [9.17, 15) is 14.7 Å². The second-order valence-corrected chi connectivity index (χ2v) is 7.40. The highest BCUT2D eigenvalue weighted by molar-refractivity contribution is 6.15. The lowest BCUT2D eigenvalue weighted by atomic mass is 9.98. The number of carbonyl (C=O) groups is 2. The van der Waals surface area contributed by atoms with E-state index in [4.69, 9.17) is 14.2 Å². The molecule has 3 aromatic rings. The van der Waals surface area contributed by atoms with E-state index >= 15 is 0 Å². The molecule has 1 heterocycles. The van der Waals surface area contributed by atoms with Crippen molar-refractivity contribution in [1.82, 2.24) is 0 Å². The largest absolute Gasteiger partial charge is 0.493 e. The van der Waals surface area contributed by atoms with Crippen LogP contribution in [0.4, 0.5) is 11.4 Å². The molecule has 170 valence electrons. The Morgan fingerprint density at radius 2 is 1.70 bits per heavy atom. The van der Waals surface area contributed by atoms with Gasteiger partial charge in [-0.15, -0.1) is 0 Å². The van der Waals surface area contributed by atoms with Crippen LogP contribution in [-0.4, -0.2) is 44.8 Å². The third kappa shape index (κ3) is 4.08. The molecule has 0 bridgehead atoms. The van der Waals surface area contributed by atoms with Crippen molar-refractivity contribution < 1.29 is 28.9 Å². The predicted molar refractivity (Wildman–Crippen MR) is 124 cm³/mol. The number of amides is 2. The van der Waals surface area contributed by atoms with Gasteiger partial charge in [0.25, 0.3) is 5.91 Å². The number of methoxy groups -OCH3 is 3. The van der Waals surface area contributed by atoms with Crippen molar-refractivity contribution in [3.8, 4) is 28.4 Å². The lowest BCUT2D eigenvalue weighted by molar-refractivity contribution is -0.115. The molecule has 0 radical (unpaired) electrons. The molecule has 0 saturated carbocycles. The minimum atomic E-state index is -0.381. The summed E-state index contributed by atoms with van der Waals surface area (Å²) in [7, 11) is 4.43. The average molecular weight is 448 g/mol. The van der Waals surface area contributed by atoms with Crippen LogP contribution in [0.5, 0.6) is 17.2 Å². The van der Waals surface area contributed by atoms with Gasteiger partial charge >= 0.3 is 0 Å². The van der Waals surface area contributed by atoms with Gasteiger partial charge in [-0.3, -0.25) is 14.5 Å². The Hall–Kier alpha value is -4.04. The maximum Gasteiger partial charge on any atom is 0.259 e. The molecule has 0 unspecified atom stereocenters. The van der Waals surface area contributed by atoms with Gasteiger partial charge in [0, 0.05) is 5.56 Å². The summed E-state index contributed by atoms with van der Waals surface area (Å²) in [6.45, 7) is -0.236. The van der Waals surface area contributed by atoms with Crippen molar-refractivity contribution in [2.75, 3.05) is 38.1 Å². The van der Waals surface area contributed by atoms with E-state index in [1.165, 1.54) is 26.2 Å². The lowest BCUT2D eigenvalue weighted by Crippen LogP contribution is -2.42. The van der Waals surface area contributed by atoms with Gasteiger partial charge in [-0.2, -0.15) is 0 Å². The minimum Gasteiger partial charge on any atom is -0.493 e. The maximum atomic E-state index is 13.5. The van der Waals surface area contributed by atoms with Gasteiger partial charge < -0.3 is 24.6 Å². The number of nitrogens with zero attached hydrogens (tertiary/aromatic N) is 1. The molecular formula is C25H24N2O6. The van der Waals surface area contributed by atoms with Gasteiger partial charge in [-0.05, 0) is 41.0 Å². The number of aliphatic hydroxyl groups excluding tert-OH is 1. The summed E-state index contributed by atoms with van der Waals surface area (Å²) in [6, 6.07) is 16.0. The zero-order valence-electron chi connectivity index (χ0n) is 18.5. The average Bonchev–Trinajstić information content (AvgIpc) is 2.86. The summed E-state index contributed by atoms with van der Waals surface area (Å²) in [5.41, 5.74) is 3.81. The Kier molecular flexibility index (Phi) is 6.19. The molecule has 0 saturated heterocycles. The first kappa shape index (κ1) is 22.2. The van der Waals surface area contributed by atoms with Crippen LogP contribution in [0.3, 0.4) is 0 Å². The molecule has 33 heavy (non-hydrogen) atoms. The van der Waals surface area contributed by atoms with Crippen molar-refractivity contribution in [2.45, 2.75) is 6.61 Å². The number of hydrogen-bond acceptors (Lipinski definition) is 6. The minimum absolute atomic E-state index is 0.106. The first-order valence-corrected chi connectivity index (χ1v) is 10.3. The van der Waals surface area contributed by atoms with E-state index in [2.05, 4.69) is 5.32 Å². The Morgan fingerprint density at radius 3 is 2.33 bits per heavy atom. The quantitative estimate of drug-likeness (QED) is 0.599. The van der Waals surface area contributed by atoms with E-state index in [1.54, 1.807) is 24.3 Å². The molecule has 0 spiro atoms. The van der Waals surface area contributed by atoms with Crippen LogP contribution in [0.2, 0.25) is 0 Å². The first-order valence-electron chi connectivity index (χ1n) is 10.3. The Balaban J connectivity index is 1.76. The fraction of sp³-hybridized carbons (Fsp3) is 0.200. The zero-order chi connectivity index (χ0) is 23.5. The van der Waals surface area contributed by atoms with Crippen molar-refractivity contribution >= 4 is 23.2 Å². The van der Waals surface area contributed by atoms with Gasteiger partial charge in [0.15, 0.2) is 11.5 Å². The smallest absolute Gasteiger partial charge is 0.259 e. The van der Waals surface area contributed by atoms with E-state index < -0.39 is 0 Å². The van der Waals surface area contributed by atoms with Crippen molar-refractivity contribution in [1.29, 1.82) is 0 Å². The molecule has 2 N–H and O–H groups in total. The van der Waals surface area contributed by atoms with Crippen LogP contribution in [0.1, 0.15) is 15.9 Å². The topological polar surface area (TPSA) is 97.3 Å². The molecule has 0 atom stereocenters. The summed E-state index contributed by atoms with van der Waals surface area (Å²) >= 11 is 0. The lowest BCUT2D eigenvalue weighted by Gasteiger charge is -2.30. The van der Waals surface area contributed by atoms with Gasteiger partial charge in [-0.1, -0.05) is 30.3 Å². The highest BCUT2D eigenvalue weighted by Gasteiger charge is 2.29. The predicted octanol–water partition coefficient (Wildman–Crippen LogP) is 3.47. The number of ether oxygens (including phenoxy) is 3. The molecule has 0 aliphatic carbocycles. The van der Waals surface area contributed by atoms with Gasteiger partial charge in [0.05, 0.1) is 39.3 Å². The van der Waals surface area contributed by atoms with Gasteiger partial charge in [0.2, 0.25) is 11.7 Å². The number of benzene rings is 3. The fourth-order valence-corrected chi connectivity index (χ4v) is 3.94. The van der Waals surface area contributed by atoms with E-state index in [-0.39, 0.29) is 25.0 Å². The second kappa shape index (κ2) is 9.22. The highest BCUT2D eigenvalue weighted by atomic mass is 16.5.